The van der Waals surface area contributed by atoms with Crippen LogP contribution < -0.4 is 5.32 Å². The standard InChI is InChI=1S/C11H21NO2S/c1-9-10(2-7-14-9)15-8-11(13)3-5-12-6-4-11/h9-10,12-13H,2-8H2,1H3. The monoisotopic (exact) mass is 231 g/mol. The molecule has 2 heterocycles. The van der Waals surface area contributed by atoms with Crippen molar-refractivity contribution in [3.05, 3.63) is 0 Å². The van der Waals surface area contributed by atoms with Crippen molar-refractivity contribution >= 4 is 11.8 Å². The first-order valence-corrected chi connectivity index (χ1v) is 6.91. The van der Waals surface area contributed by atoms with Gasteiger partial charge in [-0.2, -0.15) is 11.8 Å². The molecule has 0 radical (unpaired) electrons. The van der Waals surface area contributed by atoms with Crippen LogP contribution in [0.1, 0.15) is 26.2 Å². The lowest BCUT2D eigenvalue weighted by Gasteiger charge is -2.33. The molecule has 0 aromatic rings. The Balaban J connectivity index is 1.76. The minimum atomic E-state index is -0.432. The summed E-state index contributed by atoms with van der Waals surface area (Å²) in [6.45, 7) is 4.93. The molecule has 2 unspecified atom stereocenters. The van der Waals surface area contributed by atoms with Crippen LogP contribution in [-0.2, 0) is 4.74 Å². The molecule has 2 aliphatic heterocycles. The number of piperidine rings is 1. The van der Waals surface area contributed by atoms with E-state index in [1.165, 1.54) is 0 Å². The van der Waals surface area contributed by atoms with Crippen molar-refractivity contribution in [2.24, 2.45) is 0 Å². The molecule has 0 bridgehead atoms. The smallest absolute Gasteiger partial charge is 0.0762 e. The minimum absolute atomic E-state index is 0.361. The number of thioether (sulfide) groups is 1. The number of hydrogen-bond acceptors (Lipinski definition) is 4. The highest BCUT2D eigenvalue weighted by Gasteiger charge is 2.32. The lowest BCUT2D eigenvalue weighted by atomic mass is 9.95. The van der Waals surface area contributed by atoms with E-state index < -0.39 is 5.60 Å². The van der Waals surface area contributed by atoms with Crippen LogP contribution in [0.5, 0.6) is 0 Å². The first kappa shape index (κ1) is 11.7. The maximum absolute atomic E-state index is 10.3. The van der Waals surface area contributed by atoms with Gasteiger partial charge < -0.3 is 15.2 Å². The van der Waals surface area contributed by atoms with Crippen molar-refractivity contribution in [1.82, 2.24) is 5.32 Å². The minimum Gasteiger partial charge on any atom is -0.389 e. The Labute approximate surface area is 96.0 Å². The maximum atomic E-state index is 10.3. The summed E-state index contributed by atoms with van der Waals surface area (Å²) in [5.74, 6) is 0.868. The Hall–Kier alpha value is 0.230. The van der Waals surface area contributed by atoms with Crippen LogP contribution in [-0.4, -0.2) is 47.5 Å². The van der Waals surface area contributed by atoms with E-state index in [0.29, 0.717) is 11.4 Å². The van der Waals surface area contributed by atoms with Crippen LogP contribution in [0.3, 0.4) is 0 Å². The molecular weight excluding hydrogens is 210 g/mol. The molecule has 2 fully saturated rings. The van der Waals surface area contributed by atoms with Gasteiger partial charge in [0.05, 0.1) is 11.7 Å². The van der Waals surface area contributed by atoms with Gasteiger partial charge in [-0.05, 0) is 39.3 Å². The molecule has 3 nitrogen and oxygen atoms in total. The van der Waals surface area contributed by atoms with E-state index in [9.17, 15) is 5.11 Å². The van der Waals surface area contributed by atoms with Gasteiger partial charge in [0.15, 0.2) is 0 Å². The maximum Gasteiger partial charge on any atom is 0.0762 e. The fourth-order valence-electron chi connectivity index (χ4n) is 2.23. The third kappa shape index (κ3) is 3.09. The number of aliphatic hydroxyl groups is 1. The molecule has 2 N–H and O–H groups in total. The molecule has 2 saturated heterocycles. The predicted molar refractivity (Wildman–Crippen MR) is 63.3 cm³/mol. The van der Waals surface area contributed by atoms with Gasteiger partial charge >= 0.3 is 0 Å². The summed E-state index contributed by atoms with van der Waals surface area (Å²) in [7, 11) is 0. The van der Waals surface area contributed by atoms with Crippen LogP contribution in [0, 0.1) is 0 Å². The van der Waals surface area contributed by atoms with Crippen LogP contribution in [0.4, 0.5) is 0 Å². The Morgan fingerprint density at radius 3 is 2.80 bits per heavy atom. The second-order valence-corrected chi connectivity index (χ2v) is 5.92. The molecule has 2 atom stereocenters. The molecule has 0 aromatic heterocycles. The molecule has 0 spiro atoms. The van der Waals surface area contributed by atoms with Gasteiger partial charge in [-0.25, -0.2) is 0 Å². The molecule has 0 aromatic carbocycles. The first-order valence-electron chi connectivity index (χ1n) is 5.86. The lowest BCUT2D eigenvalue weighted by Crippen LogP contribution is -2.44. The Kier molecular flexibility index (Phi) is 3.93. The van der Waals surface area contributed by atoms with E-state index in [1.807, 2.05) is 11.8 Å². The van der Waals surface area contributed by atoms with E-state index in [2.05, 4.69) is 12.2 Å². The summed E-state index contributed by atoms with van der Waals surface area (Å²) in [6, 6.07) is 0. The van der Waals surface area contributed by atoms with E-state index >= 15 is 0 Å². The van der Waals surface area contributed by atoms with Gasteiger partial charge in [0.1, 0.15) is 0 Å². The molecule has 0 aliphatic carbocycles. The highest BCUT2D eigenvalue weighted by molar-refractivity contribution is 8.00. The van der Waals surface area contributed by atoms with Gasteiger partial charge in [0.25, 0.3) is 0 Å². The van der Waals surface area contributed by atoms with Crippen molar-refractivity contribution in [2.75, 3.05) is 25.4 Å². The van der Waals surface area contributed by atoms with Crippen molar-refractivity contribution in [2.45, 2.75) is 43.1 Å². The quantitative estimate of drug-likeness (QED) is 0.761. The topological polar surface area (TPSA) is 41.5 Å². The first-order chi connectivity index (χ1) is 7.20. The number of nitrogens with one attached hydrogen (secondary N) is 1. The van der Waals surface area contributed by atoms with Crippen LogP contribution >= 0.6 is 11.8 Å². The third-order valence-corrected chi connectivity index (χ3v) is 5.16. The normalized spacial score (nSPS) is 35.6. The summed E-state index contributed by atoms with van der Waals surface area (Å²) in [4.78, 5) is 0. The van der Waals surface area contributed by atoms with Gasteiger partial charge in [-0.3, -0.25) is 0 Å². The fourth-order valence-corrected chi connectivity index (χ4v) is 3.66. The second kappa shape index (κ2) is 5.04. The zero-order valence-corrected chi connectivity index (χ0v) is 10.2. The number of ether oxygens (including phenoxy) is 1. The summed E-state index contributed by atoms with van der Waals surface area (Å²) in [5, 5.41) is 14.2. The SMILES string of the molecule is CC1OCCC1SCC1(O)CCNCC1. The van der Waals surface area contributed by atoms with Crippen LogP contribution in [0.25, 0.3) is 0 Å². The van der Waals surface area contributed by atoms with E-state index in [0.717, 1.165) is 44.7 Å². The summed E-state index contributed by atoms with van der Waals surface area (Å²) >= 11 is 1.89. The molecule has 2 rings (SSSR count). The van der Waals surface area contributed by atoms with Gasteiger partial charge in [0, 0.05) is 17.6 Å². The zero-order chi connectivity index (χ0) is 10.7. The van der Waals surface area contributed by atoms with Gasteiger partial charge in [-0.1, -0.05) is 0 Å². The van der Waals surface area contributed by atoms with Crippen molar-refractivity contribution in [1.29, 1.82) is 0 Å². The van der Waals surface area contributed by atoms with E-state index in [-0.39, 0.29) is 0 Å². The fraction of sp³-hybridized carbons (Fsp3) is 1.00. The molecule has 0 amide bonds. The lowest BCUT2D eigenvalue weighted by molar-refractivity contribution is 0.0337. The predicted octanol–water partition coefficient (Wildman–Crippen LogP) is 1.01. The average Bonchev–Trinajstić information content (AvgIpc) is 2.62. The molecule has 0 saturated carbocycles. The number of rotatable bonds is 3. The van der Waals surface area contributed by atoms with E-state index in [1.54, 1.807) is 0 Å². The largest absolute Gasteiger partial charge is 0.389 e. The van der Waals surface area contributed by atoms with Gasteiger partial charge in [-0.15, -0.1) is 0 Å². The molecule has 4 heteroatoms. The van der Waals surface area contributed by atoms with E-state index in [4.69, 9.17) is 4.74 Å². The van der Waals surface area contributed by atoms with Gasteiger partial charge in [0.2, 0.25) is 0 Å². The summed E-state index contributed by atoms with van der Waals surface area (Å²) < 4.78 is 5.52. The van der Waals surface area contributed by atoms with Crippen LogP contribution in [0.2, 0.25) is 0 Å². The summed E-state index contributed by atoms with van der Waals surface area (Å²) in [6.07, 6.45) is 3.28. The van der Waals surface area contributed by atoms with Crippen molar-refractivity contribution in [3.63, 3.8) is 0 Å². The highest BCUT2D eigenvalue weighted by atomic mass is 32.2. The molecular formula is C11H21NO2S. The summed E-state index contributed by atoms with van der Waals surface area (Å²) in [5.41, 5.74) is -0.432. The van der Waals surface area contributed by atoms with Crippen molar-refractivity contribution in [3.8, 4) is 0 Å². The second-order valence-electron chi connectivity index (χ2n) is 4.69. The molecule has 15 heavy (non-hydrogen) atoms. The third-order valence-electron chi connectivity index (χ3n) is 3.41. The number of hydrogen-bond donors (Lipinski definition) is 2. The zero-order valence-electron chi connectivity index (χ0n) is 9.37. The van der Waals surface area contributed by atoms with Crippen LogP contribution in [0.15, 0.2) is 0 Å². The Morgan fingerprint density at radius 2 is 2.20 bits per heavy atom. The molecule has 2 aliphatic rings. The van der Waals surface area contributed by atoms with Crippen molar-refractivity contribution < 1.29 is 9.84 Å². The molecule has 88 valence electrons. The Morgan fingerprint density at radius 1 is 1.47 bits per heavy atom. The Bertz CT molecular complexity index is 207. The highest BCUT2D eigenvalue weighted by Crippen LogP contribution is 2.31. The average molecular weight is 231 g/mol.